The van der Waals surface area contributed by atoms with E-state index in [-0.39, 0.29) is 23.9 Å². The molecule has 2 amide bonds. The molecule has 0 aliphatic carbocycles. The van der Waals surface area contributed by atoms with Gasteiger partial charge in [-0.1, -0.05) is 18.2 Å². The van der Waals surface area contributed by atoms with Crippen molar-refractivity contribution >= 4 is 17.5 Å². The Hall–Kier alpha value is -3.03. The Morgan fingerprint density at radius 1 is 1.08 bits per heavy atom. The van der Waals surface area contributed by atoms with Crippen molar-refractivity contribution in [3.8, 4) is 5.75 Å². The predicted molar refractivity (Wildman–Crippen MR) is 89.7 cm³/mol. The summed E-state index contributed by atoms with van der Waals surface area (Å²) in [7, 11) is 0. The summed E-state index contributed by atoms with van der Waals surface area (Å²) in [5, 5.41) is 5.13. The fraction of sp³-hybridized carbons (Fsp3) is 0.222. The minimum absolute atomic E-state index is 0.103. The summed E-state index contributed by atoms with van der Waals surface area (Å²) in [6.45, 7) is -2.83. The Bertz CT molecular complexity index is 755. The average molecular weight is 366 g/mol. The normalized spacial score (nSPS) is 10.5. The van der Waals surface area contributed by atoms with E-state index in [0.29, 0.717) is 18.5 Å². The van der Waals surface area contributed by atoms with Crippen LogP contribution in [0.5, 0.6) is 5.75 Å². The van der Waals surface area contributed by atoms with E-state index in [1.54, 1.807) is 30.3 Å². The highest BCUT2D eigenvalue weighted by Crippen LogP contribution is 2.22. The maximum Gasteiger partial charge on any atom is 0.387 e. The van der Waals surface area contributed by atoms with Crippen molar-refractivity contribution in [1.82, 2.24) is 5.32 Å². The van der Waals surface area contributed by atoms with Crippen LogP contribution in [0.4, 0.5) is 18.9 Å². The number of amides is 2. The summed E-state index contributed by atoms with van der Waals surface area (Å²) in [4.78, 5) is 23.6. The first kappa shape index (κ1) is 19.3. The molecule has 0 aromatic heterocycles. The van der Waals surface area contributed by atoms with Gasteiger partial charge in [0.25, 0.3) is 5.91 Å². The van der Waals surface area contributed by atoms with Gasteiger partial charge >= 0.3 is 6.61 Å². The predicted octanol–water partition coefficient (Wildman–Crippen LogP) is 3.58. The van der Waals surface area contributed by atoms with Crippen molar-refractivity contribution in [3.63, 3.8) is 0 Å². The third-order valence-electron chi connectivity index (χ3n) is 3.33. The lowest BCUT2D eigenvalue weighted by molar-refractivity contribution is -0.116. The Morgan fingerprint density at radius 3 is 2.46 bits per heavy atom. The van der Waals surface area contributed by atoms with Crippen molar-refractivity contribution in [2.45, 2.75) is 19.5 Å². The molecule has 0 unspecified atom stereocenters. The minimum Gasteiger partial charge on any atom is -0.432 e. The van der Waals surface area contributed by atoms with Gasteiger partial charge in [-0.25, -0.2) is 4.39 Å². The Morgan fingerprint density at radius 2 is 1.81 bits per heavy atom. The molecule has 0 heterocycles. The molecule has 0 saturated carbocycles. The summed E-state index contributed by atoms with van der Waals surface area (Å²) in [6.07, 6.45) is 0.492. The standard InChI is InChI=1S/C18H17F3N2O3/c19-14-11-13(8-9-15(14)26-18(20)21)23-16(24)7-4-10-22-17(25)12-5-2-1-3-6-12/h1-3,5-6,8-9,11,18H,4,7,10H2,(H,22,25)(H,23,24). The molecule has 0 atom stereocenters. The van der Waals surface area contributed by atoms with Crippen molar-refractivity contribution in [2.75, 3.05) is 11.9 Å². The van der Waals surface area contributed by atoms with E-state index in [4.69, 9.17) is 0 Å². The Labute approximate surface area is 148 Å². The van der Waals surface area contributed by atoms with Gasteiger partial charge in [-0.2, -0.15) is 8.78 Å². The highest BCUT2D eigenvalue weighted by Gasteiger charge is 2.11. The van der Waals surface area contributed by atoms with E-state index in [1.165, 1.54) is 6.07 Å². The number of hydrogen-bond donors (Lipinski definition) is 2. The second-order valence-electron chi connectivity index (χ2n) is 5.30. The van der Waals surface area contributed by atoms with Crippen LogP contribution in [0, 0.1) is 5.82 Å². The van der Waals surface area contributed by atoms with Gasteiger partial charge in [-0.05, 0) is 30.7 Å². The van der Waals surface area contributed by atoms with Gasteiger partial charge in [0.1, 0.15) is 0 Å². The zero-order valence-electron chi connectivity index (χ0n) is 13.7. The fourth-order valence-corrected chi connectivity index (χ4v) is 2.14. The molecule has 2 N–H and O–H groups in total. The van der Waals surface area contributed by atoms with Gasteiger partial charge in [0.15, 0.2) is 11.6 Å². The summed E-state index contributed by atoms with van der Waals surface area (Å²) < 4.78 is 41.7. The third kappa shape index (κ3) is 6.12. The topological polar surface area (TPSA) is 67.4 Å². The first-order valence-electron chi connectivity index (χ1n) is 7.83. The van der Waals surface area contributed by atoms with E-state index in [2.05, 4.69) is 15.4 Å². The fourth-order valence-electron chi connectivity index (χ4n) is 2.14. The molecule has 5 nitrogen and oxygen atoms in total. The smallest absolute Gasteiger partial charge is 0.387 e. The van der Waals surface area contributed by atoms with E-state index < -0.39 is 18.2 Å². The molecular formula is C18H17F3N2O3. The number of carbonyl (C=O) groups excluding carboxylic acids is 2. The number of anilines is 1. The average Bonchev–Trinajstić information content (AvgIpc) is 2.61. The number of rotatable bonds is 8. The van der Waals surface area contributed by atoms with E-state index in [0.717, 1.165) is 12.1 Å². The summed E-state index contributed by atoms with van der Waals surface area (Å²) in [5.41, 5.74) is 0.654. The van der Waals surface area contributed by atoms with Gasteiger partial charge in [0.2, 0.25) is 5.91 Å². The zero-order chi connectivity index (χ0) is 18.9. The molecule has 0 aliphatic rings. The molecule has 138 valence electrons. The van der Waals surface area contributed by atoms with Crippen molar-refractivity contribution < 1.29 is 27.5 Å². The van der Waals surface area contributed by atoms with Crippen molar-refractivity contribution in [1.29, 1.82) is 0 Å². The van der Waals surface area contributed by atoms with Crippen LogP contribution in [-0.2, 0) is 4.79 Å². The highest BCUT2D eigenvalue weighted by atomic mass is 19.3. The minimum atomic E-state index is -3.13. The third-order valence-corrected chi connectivity index (χ3v) is 3.33. The lowest BCUT2D eigenvalue weighted by atomic mass is 10.2. The van der Waals surface area contributed by atoms with Gasteiger partial charge < -0.3 is 15.4 Å². The van der Waals surface area contributed by atoms with Crippen LogP contribution < -0.4 is 15.4 Å². The number of halogens is 3. The van der Waals surface area contributed by atoms with Crippen LogP contribution >= 0.6 is 0 Å². The molecule has 8 heteroatoms. The molecule has 0 aliphatic heterocycles. The molecule has 2 aromatic carbocycles. The van der Waals surface area contributed by atoms with Crippen molar-refractivity contribution in [2.24, 2.45) is 0 Å². The maximum atomic E-state index is 13.6. The first-order chi connectivity index (χ1) is 12.5. The molecule has 26 heavy (non-hydrogen) atoms. The highest BCUT2D eigenvalue weighted by molar-refractivity contribution is 5.94. The molecule has 2 rings (SSSR count). The molecule has 0 bridgehead atoms. The van der Waals surface area contributed by atoms with Gasteiger partial charge in [-0.15, -0.1) is 0 Å². The van der Waals surface area contributed by atoms with Crippen LogP contribution in [-0.4, -0.2) is 25.0 Å². The van der Waals surface area contributed by atoms with Crippen LogP contribution in [0.3, 0.4) is 0 Å². The van der Waals surface area contributed by atoms with Gasteiger partial charge in [-0.3, -0.25) is 9.59 Å². The van der Waals surface area contributed by atoms with Crippen LogP contribution in [0.1, 0.15) is 23.2 Å². The van der Waals surface area contributed by atoms with Gasteiger partial charge in [0.05, 0.1) is 0 Å². The van der Waals surface area contributed by atoms with E-state index >= 15 is 0 Å². The zero-order valence-corrected chi connectivity index (χ0v) is 13.7. The largest absolute Gasteiger partial charge is 0.432 e. The van der Waals surface area contributed by atoms with E-state index in [1.807, 2.05) is 0 Å². The van der Waals surface area contributed by atoms with Gasteiger partial charge in [0, 0.05) is 30.3 Å². The first-order valence-corrected chi connectivity index (χ1v) is 7.83. The number of alkyl halides is 2. The van der Waals surface area contributed by atoms with Crippen LogP contribution in [0.25, 0.3) is 0 Å². The van der Waals surface area contributed by atoms with Crippen LogP contribution in [0.2, 0.25) is 0 Å². The summed E-state index contributed by atoms with van der Waals surface area (Å²) in [5.74, 6) is -2.22. The molecule has 0 fully saturated rings. The number of hydrogen-bond acceptors (Lipinski definition) is 3. The lowest BCUT2D eigenvalue weighted by Gasteiger charge is -2.09. The second kappa shape index (κ2) is 9.45. The number of ether oxygens (including phenoxy) is 1. The summed E-state index contributed by atoms with van der Waals surface area (Å²) in [6, 6.07) is 11.8. The second-order valence-corrected chi connectivity index (χ2v) is 5.30. The Kier molecular flexibility index (Phi) is 7.02. The molecular weight excluding hydrogens is 349 g/mol. The Balaban J connectivity index is 1.73. The quantitative estimate of drug-likeness (QED) is 0.702. The number of nitrogens with one attached hydrogen (secondary N) is 2. The molecule has 2 aromatic rings. The monoisotopic (exact) mass is 366 g/mol. The maximum absolute atomic E-state index is 13.6. The number of benzene rings is 2. The van der Waals surface area contributed by atoms with Crippen molar-refractivity contribution in [3.05, 3.63) is 59.9 Å². The lowest BCUT2D eigenvalue weighted by Crippen LogP contribution is -2.25. The SMILES string of the molecule is O=C(CCCNC(=O)c1ccccc1)Nc1ccc(OC(F)F)c(F)c1. The molecule has 0 spiro atoms. The number of carbonyl (C=O) groups is 2. The van der Waals surface area contributed by atoms with E-state index in [9.17, 15) is 22.8 Å². The van der Waals surface area contributed by atoms with Crippen LogP contribution in [0.15, 0.2) is 48.5 Å². The molecule has 0 saturated heterocycles. The summed E-state index contributed by atoms with van der Waals surface area (Å²) >= 11 is 0. The molecule has 0 radical (unpaired) electrons.